The number of rotatable bonds is 6. The van der Waals surface area contributed by atoms with Crippen molar-refractivity contribution in [2.75, 3.05) is 12.8 Å². The predicted octanol–water partition coefficient (Wildman–Crippen LogP) is 3.49. The number of hydrogen-bond acceptors (Lipinski definition) is 2. The second-order valence-corrected chi connectivity index (χ2v) is 6.79. The standard InChI is InChI=1S/C16H22N2OS/c1-3-4-8-11-20-17-15(13-16(19)18(20)2)12-14-9-6-5-7-10-14/h5-7,9-10,13H,3-4,8,11-12H2,1-2H3. The third kappa shape index (κ3) is 4.04. The second-order valence-electron chi connectivity index (χ2n) is 4.98. The van der Waals surface area contributed by atoms with Gasteiger partial charge in [0.1, 0.15) is 0 Å². The van der Waals surface area contributed by atoms with Gasteiger partial charge in [0, 0.05) is 36.2 Å². The van der Waals surface area contributed by atoms with Crippen LogP contribution in [-0.2, 0) is 22.1 Å². The summed E-state index contributed by atoms with van der Waals surface area (Å²) in [5, 5.41) is 0. The number of carbonyl (C=O) groups is 1. The Balaban J connectivity index is 2.08. The van der Waals surface area contributed by atoms with E-state index in [1.165, 1.54) is 18.4 Å². The van der Waals surface area contributed by atoms with E-state index in [0.29, 0.717) is 0 Å². The third-order valence-electron chi connectivity index (χ3n) is 3.30. The first-order valence-electron chi connectivity index (χ1n) is 7.15. The number of benzene rings is 1. The average Bonchev–Trinajstić information content (AvgIpc) is 2.45. The van der Waals surface area contributed by atoms with Gasteiger partial charge in [-0.3, -0.25) is 9.10 Å². The molecular weight excluding hydrogens is 268 g/mol. The minimum absolute atomic E-state index is 0.0887. The largest absolute Gasteiger partial charge is 0.277 e. The second kappa shape index (κ2) is 7.39. The van der Waals surface area contributed by atoms with Crippen molar-refractivity contribution < 1.29 is 4.79 Å². The van der Waals surface area contributed by atoms with E-state index < -0.39 is 0 Å². The molecule has 0 bridgehead atoms. The lowest BCUT2D eigenvalue weighted by Crippen LogP contribution is -2.31. The molecule has 0 saturated heterocycles. The number of unbranched alkanes of at least 4 members (excludes halogenated alkanes) is 2. The molecule has 0 aromatic heterocycles. The normalized spacial score (nSPS) is 18.7. The lowest BCUT2D eigenvalue weighted by molar-refractivity contribution is -0.120. The van der Waals surface area contributed by atoms with Crippen LogP contribution in [0.4, 0.5) is 0 Å². The van der Waals surface area contributed by atoms with Crippen LogP contribution in [0.2, 0.25) is 0 Å². The highest BCUT2D eigenvalue weighted by atomic mass is 32.2. The van der Waals surface area contributed by atoms with Crippen LogP contribution in [0.3, 0.4) is 0 Å². The van der Waals surface area contributed by atoms with Gasteiger partial charge in [-0.15, -0.1) is 0 Å². The van der Waals surface area contributed by atoms with Crippen LogP contribution in [0.1, 0.15) is 31.7 Å². The van der Waals surface area contributed by atoms with Crippen LogP contribution in [0.25, 0.3) is 0 Å². The Bertz CT molecular complexity index is 523. The van der Waals surface area contributed by atoms with Gasteiger partial charge in [-0.05, 0) is 12.0 Å². The number of allylic oxidation sites excluding steroid dienone is 1. The molecule has 20 heavy (non-hydrogen) atoms. The number of hydrogen-bond donors (Lipinski definition) is 0. The third-order valence-corrected chi connectivity index (χ3v) is 5.21. The summed E-state index contributed by atoms with van der Waals surface area (Å²) in [7, 11) is 1.57. The molecule has 1 aliphatic rings. The highest BCUT2D eigenvalue weighted by Crippen LogP contribution is 2.17. The van der Waals surface area contributed by atoms with Crippen LogP contribution < -0.4 is 0 Å². The average molecular weight is 290 g/mol. The van der Waals surface area contributed by atoms with E-state index in [9.17, 15) is 4.79 Å². The summed E-state index contributed by atoms with van der Waals surface area (Å²) in [6.07, 6.45) is 5.97. The maximum Gasteiger partial charge on any atom is 0.258 e. The first-order chi connectivity index (χ1) is 9.70. The highest BCUT2D eigenvalue weighted by molar-refractivity contribution is 7.85. The fourth-order valence-electron chi connectivity index (χ4n) is 2.11. The van der Waals surface area contributed by atoms with Crippen LogP contribution in [-0.4, -0.2) is 23.0 Å². The SMILES string of the molecule is CCCCCS1=NC(Cc2ccccc2)=CC(=O)N1C. The maximum absolute atomic E-state index is 12.0. The van der Waals surface area contributed by atoms with E-state index in [4.69, 9.17) is 4.36 Å². The molecule has 0 radical (unpaired) electrons. The minimum Gasteiger partial charge on any atom is -0.277 e. The van der Waals surface area contributed by atoms with Crippen molar-refractivity contribution in [3.8, 4) is 0 Å². The van der Waals surface area contributed by atoms with Crippen LogP contribution in [0.5, 0.6) is 0 Å². The molecule has 0 spiro atoms. The van der Waals surface area contributed by atoms with Gasteiger partial charge in [0.25, 0.3) is 5.91 Å². The van der Waals surface area contributed by atoms with Gasteiger partial charge in [0.05, 0.1) is 5.70 Å². The molecule has 0 saturated carbocycles. The Kier molecular flexibility index (Phi) is 5.53. The fourth-order valence-corrected chi connectivity index (χ4v) is 3.71. The maximum atomic E-state index is 12.0. The van der Waals surface area contributed by atoms with E-state index in [2.05, 4.69) is 19.1 Å². The summed E-state index contributed by atoms with van der Waals surface area (Å²) in [5.41, 5.74) is 2.12. The molecule has 4 heteroatoms. The molecule has 108 valence electrons. The van der Waals surface area contributed by atoms with Crippen LogP contribution >= 0.6 is 0 Å². The molecule has 0 N–H and O–H groups in total. The predicted molar refractivity (Wildman–Crippen MR) is 85.2 cm³/mol. The molecule has 1 atom stereocenters. The lowest BCUT2D eigenvalue weighted by Gasteiger charge is -2.23. The number of likely N-dealkylation sites (N-methyl/N-ethyl adjacent to an activating group) is 1. The molecule has 3 nitrogen and oxygen atoms in total. The quantitative estimate of drug-likeness (QED) is 0.738. The van der Waals surface area contributed by atoms with E-state index in [0.717, 1.165) is 24.3 Å². The Morgan fingerprint density at radius 2 is 1.95 bits per heavy atom. The topological polar surface area (TPSA) is 32.7 Å². The molecule has 2 rings (SSSR count). The van der Waals surface area contributed by atoms with Crippen molar-refractivity contribution in [3.05, 3.63) is 47.7 Å². The zero-order valence-corrected chi connectivity index (χ0v) is 13.0. The summed E-state index contributed by atoms with van der Waals surface area (Å²) in [6.45, 7) is 2.19. The number of amides is 1. The molecule has 1 aromatic carbocycles. The Morgan fingerprint density at radius 1 is 1.20 bits per heavy atom. The van der Waals surface area contributed by atoms with E-state index in [1.807, 2.05) is 25.2 Å². The lowest BCUT2D eigenvalue weighted by atomic mass is 10.1. The summed E-state index contributed by atoms with van der Waals surface area (Å²) < 4.78 is 6.56. The van der Waals surface area contributed by atoms with Crippen molar-refractivity contribution >= 4 is 16.8 Å². The summed E-state index contributed by atoms with van der Waals surface area (Å²) in [6, 6.07) is 10.2. The molecule has 1 aliphatic heterocycles. The van der Waals surface area contributed by atoms with E-state index in [-0.39, 0.29) is 16.8 Å². The summed E-state index contributed by atoms with van der Waals surface area (Å²) >= 11 is 0. The van der Waals surface area contributed by atoms with Gasteiger partial charge in [-0.2, -0.15) is 0 Å². The van der Waals surface area contributed by atoms with Crippen molar-refractivity contribution in [2.45, 2.75) is 32.6 Å². The summed E-state index contributed by atoms with van der Waals surface area (Å²) in [5.74, 6) is 1.08. The van der Waals surface area contributed by atoms with Crippen molar-refractivity contribution in [2.24, 2.45) is 4.36 Å². The minimum atomic E-state index is -0.284. The van der Waals surface area contributed by atoms with E-state index >= 15 is 0 Å². The molecule has 1 aromatic rings. The van der Waals surface area contributed by atoms with Gasteiger partial charge in [-0.25, -0.2) is 4.36 Å². The Hall–Kier alpha value is -1.42. The van der Waals surface area contributed by atoms with Crippen LogP contribution in [0.15, 0.2) is 46.5 Å². The number of carbonyl (C=O) groups excluding carboxylic acids is 1. The molecular formula is C16H22N2OS. The van der Waals surface area contributed by atoms with Crippen LogP contribution in [0, 0.1) is 0 Å². The smallest absolute Gasteiger partial charge is 0.258 e. The summed E-state index contributed by atoms with van der Waals surface area (Å²) in [4.78, 5) is 12.0. The first-order valence-corrected chi connectivity index (χ1v) is 8.46. The van der Waals surface area contributed by atoms with Crippen molar-refractivity contribution in [1.29, 1.82) is 0 Å². The van der Waals surface area contributed by atoms with E-state index in [1.54, 1.807) is 10.4 Å². The zero-order valence-electron chi connectivity index (χ0n) is 12.2. The Morgan fingerprint density at radius 3 is 2.65 bits per heavy atom. The molecule has 0 fully saturated rings. The first kappa shape index (κ1) is 15.0. The molecule has 1 amide bonds. The van der Waals surface area contributed by atoms with Gasteiger partial charge in [-0.1, -0.05) is 50.1 Å². The number of nitrogens with zero attached hydrogens (tertiary/aromatic N) is 2. The van der Waals surface area contributed by atoms with Gasteiger partial charge in [0.15, 0.2) is 0 Å². The molecule has 0 aliphatic carbocycles. The molecule has 1 unspecified atom stereocenters. The Labute approximate surface area is 123 Å². The van der Waals surface area contributed by atoms with Crippen molar-refractivity contribution in [1.82, 2.24) is 4.31 Å². The molecule has 1 heterocycles. The van der Waals surface area contributed by atoms with Gasteiger partial charge in [0.2, 0.25) is 0 Å². The van der Waals surface area contributed by atoms with Crippen molar-refractivity contribution in [3.63, 3.8) is 0 Å². The van der Waals surface area contributed by atoms with Gasteiger partial charge < -0.3 is 0 Å². The highest BCUT2D eigenvalue weighted by Gasteiger charge is 2.18. The monoisotopic (exact) mass is 290 g/mol. The zero-order chi connectivity index (χ0) is 14.4. The van der Waals surface area contributed by atoms with Gasteiger partial charge >= 0.3 is 0 Å². The fraction of sp³-hybridized carbons (Fsp3) is 0.438.